The molecule has 3 rings (SSSR count). The SMILES string of the molecule is CCc1ccc(-c2cc(C(=O)N/N=C/c3ccc(F)cc3)[nH]n2)cc1. The van der Waals surface area contributed by atoms with E-state index in [4.69, 9.17) is 0 Å². The molecule has 1 heterocycles. The number of H-pyrrole nitrogens is 1. The largest absolute Gasteiger partial charge is 0.289 e. The Labute approximate surface area is 144 Å². The van der Waals surface area contributed by atoms with Crippen molar-refractivity contribution in [3.8, 4) is 11.3 Å². The summed E-state index contributed by atoms with van der Waals surface area (Å²) in [7, 11) is 0. The summed E-state index contributed by atoms with van der Waals surface area (Å²) < 4.78 is 12.8. The van der Waals surface area contributed by atoms with Crippen LogP contribution in [0.1, 0.15) is 28.5 Å². The smallest absolute Gasteiger partial charge is 0.272 e. The molecule has 2 aromatic carbocycles. The van der Waals surface area contributed by atoms with Crippen molar-refractivity contribution in [2.75, 3.05) is 0 Å². The van der Waals surface area contributed by atoms with Crippen molar-refractivity contribution in [2.24, 2.45) is 5.10 Å². The van der Waals surface area contributed by atoms with Gasteiger partial charge >= 0.3 is 0 Å². The van der Waals surface area contributed by atoms with Crippen LogP contribution < -0.4 is 5.43 Å². The van der Waals surface area contributed by atoms with Crippen molar-refractivity contribution < 1.29 is 9.18 Å². The Morgan fingerprint density at radius 2 is 1.92 bits per heavy atom. The van der Waals surface area contributed by atoms with E-state index in [9.17, 15) is 9.18 Å². The number of benzene rings is 2. The molecule has 0 aliphatic rings. The van der Waals surface area contributed by atoms with Crippen LogP contribution in [-0.4, -0.2) is 22.3 Å². The summed E-state index contributed by atoms with van der Waals surface area (Å²) >= 11 is 0. The second-order valence-electron chi connectivity index (χ2n) is 5.47. The number of aromatic amines is 1. The Morgan fingerprint density at radius 3 is 2.60 bits per heavy atom. The van der Waals surface area contributed by atoms with Gasteiger partial charge < -0.3 is 0 Å². The number of nitrogens with zero attached hydrogens (tertiary/aromatic N) is 2. The lowest BCUT2D eigenvalue weighted by atomic mass is 10.1. The molecule has 0 aliphatic heterocycles. The van der Waals surface area contributed by atoms with Gasteiger partial charge in [-0.1, -0.05) is 43.3 Å². The lowest BCUT2D eigenvalue weighted by Crippen LogP contribution is -2.17. The molecule has 0 aliphatic carbocycles. The third-order valence-electron chi connectivity index (χ3n) is 3.73. The summed E-state index contributed by atoms with van der Waals surface area (Å²) in [5.41, 5.74) is 6.27. The van der Waals surface area contributed by atoms with Crippen molar-refractivity contribution in [3.63, 3.8) is 0 Å². The van der Waals surface area contributed by atoms with Gasteiger partial charge in [0.05, 0.1) is 11.9 Å². The minimum absolute atomic E-state index is 0.311. The number of carbonyl (C=O) groups excluding carboxylic acids is 1. The highest BCUT2D eigenvalue weighted by molar-refractivity contribution is 5.94. The molecule has 3 aromatic rings. The molecule has 1 aromatic heterocycles. The fourth-order valence-electron chi connectivity index (χ4n) is 2.27. The summed E-state index contributed by atoms with van der Waals surface area (Å²) in [6.07, 6.45) is 2.42. The molecule has 0 saturated heterocycles. The van der Waals surface area contributed by atoms with Gasteiger partial charge in [-0.05, 0) is 35.7 Å². The molecule has 0 atom stereocenters. The second-order valence-corrected chi connectivity index (χ2v) is 5.47. The van der Waals surface area contributed by atoms with Crippen molar-refractivity contribution in [2.45, 2.75) is 13.3 Å². The van der Waals surface area contributed by atoms with Crippen LogP contribution in [0.2, 0.25) is 0 Å². The van der Waals surface area contributed by atoms with Gasteiger partial charge in [-0.3, -0.25) is 9.89 Å². The molecule has 25 heavy (non-hydrogen) atoms. The number of rotatable bonds is 5. The van der Waals surface area contributed by atoms with Crippen molar-refractivity contribution >= 4 is 12.1 Å². The van der Waals surface area contributed by atoms with E-state index in [1.54, 1.807) is 18.2 Å². The van der Waals surface area contributed by atoms with Crippen LogP contribution in [0.25, 0.3) is 11.3 Å². The van der Waals surface area contributed by atoms with Crippen LogP contribution in [-0.2, 0) is 6.42 Å². The van der Waals surface area contributed by atoms with E-state index >= 15 is 0 Å². The first kappa shape index (κ1) is 16.6. The molecule has 0 bridgehead atoms. The zero-order chi connectivity index (χ0) is 17.6. The summed E-state index contributed by atoms with van der Waals surface area (Å²) in [5.74, 6) is -0.722. The molecule has 0 unspecified atom stereocenters. The van der Waals surface area contributed by atoms with Gasteiger partial charge in [0.1, 0.15) is 11.5 Å². The van der Waals surface area contributed by atoms with Crippen LogP contribution in [0.4, 0.5) is 4.39 Å². The molecule has 2 N–H and O–H groups in total. The number of amides is 1. The first-order valence-electron chi connectivity index (χ1n) is 7.89. The fraction of sp³-hybridized carbons (Fsp3) is 0.105. The molecule has 0 fully saturated rings. The van der Waals surface area contributed by atoms with E-state index in [0.717, 1.165) is 12.0 Å². The fourth-order valence-corrected chi connectivity index (χ4v) is 2.27. The average Bonchev–Trinajstić information content (AvgIpc) is 3.13. The number of aryl methyl sites for hydroxylation is 1. The Hall–Kier alpha value is -3.28. The number of hydrogen-bond acceptors (Lipinski definition) is 3. The maximum atomic E-state index is 12.8. The Balaban J connectivity index is 1.64. The number of hydrazone groups is 1. The number of hydrogen-bond donors (Lipinski definition) is 2. The van der Waals surface area contributed by atoms with E-state index in [0.29, 0.717) is 17.0 Å². The normalized spacial score (nSPS) is 11.0. The van der Waals surface area contributed by atoms with Gasteiger partial charge in [0.2, 0.25) is 0 Å². The Kier molecular flexibility index (Phi) is 4.99. The van der Waals surface area contributed by atoms with Crippen LogP contribution in [0.15, 0.2) is 59.7 Å². The predicted molar refractivity (Wildman–Crippen MR) is 94.9 cm³/mol. The quantitative estimate of drug-likeness (QED) is 0.553. The minimum Gasteiger partial charge on any atom is -0.272 e. The van der Waals surface area contributed by atoms with E-state index in [-0.39, 0.29) is 5.82 Å². The molecule has 126 valence electrons. The van der Waals surface area contributed by atoms with Crippen LogP contribution in [0, 0.1) is 5.82 Å². The monoisotopic (exact) mass is 336 g/mol. The molecule has 0 radical (unpaired) electrons. The summed E-state index contributed by atoms with van der Waals surface area (Å²) in [4.78, 5) is 12.1. The third kappa shape index (κ3) is 4.17. The molecular formula is C19H17FN4O. The Bertz CT molecular complexity index is 883. The first-order valence-corrected chi connectivity index (χ1v) is 7.89. The number of aromatic nitrogens is 2. The first-order chi connectivity index (χ1) is 12.2. The lowest BCUT2D eigenvalue weighted by Gasteiger charge is -1.98. The molecule has 0 spiro atoms. The topological polar surface area (TPSA) is 70.1 Å². The zero-order valence-corrected chi connectivity index (χ0v) is 13.7. The summed E-state index contributed by atoms with van der Waals surface area (Å²) in [5, 5.41) is 10.7. The van der Waals surface area contributed by atoms with Crippen molar-refractivity contribution in [1.29, 1.82) is 0 Å². The van der Waals surface area contributed by atoms with E-state index in [1.165, 1.54) is 23.9 Å². The number of halogens is 1. The highest BCUT2D eigenvalue weighted by Crippen LogP contribution is 2.18. The van der Waals surface area contributed by atoms with Crippen molar-refractivity contribution in [1.82, 2.24) is 15.6 Å². The number of nitrogens with one attached hydrogen (secondary N) is 2. The molecule has 5 nitrogen and oxygen atoms in total. The van der Waals surface area contributed by atoms with Gasteiger partial charge in [0.15, 0.2) is 0 Å². The van der Waals surface area contributed by atoms with Crippen LogP contribution in [0.3, 0.4) is 0 Å². The van der Waals surface area contributed by atoms with Gasteiger partial charge in [-0.2, -0.15) is 10.2 Å². The summed E-state index contributed by atoms with van der Waals surface area (Å²) in [6.45, 7) is 2.10. The minimum atomic E-state index is -0.401. The van der Waals surface area contributed by atoms with Crippen LogP contribution in [0.5, 0.6) is 0 Å². The number of carbonyl (C=O) groups is 1. The van der Waals surface area contributed by atoms with Gasteiger partial charge in [-0.15, -0.1) is 0 Å². The lowest BCUT2D eigenvalue weighted by molar-refractivity contribution is 0.0950. The zero-order valence-electron chi connectivity index (χ0n) is 13.7. The second kappa shape index (κ2) is 7.53. The van der Waals surface area contributed by atoms with Gasteiger partial charge in [0, 0.05) is 5.56 Å². The third-order valence-corrected chi connectivity index (χ3v) is 3.73. The van der Waals surface area contributed by atoms with Gasteiger partial charge in [-0.25, -0.2) is 9.82 Å². The molecule has 6 heteroatoms. The van der Waals surface area contributed by atoms with E-state index in [1.807, 2.05) is 24.3 Å². The van der Waals surface area contributed by atoms with Crippen molar-refractivity contribution in [3.05, 3.63) is 77.2 Å². The van der Waals surface area contributed by atoms with Gasteiger partial charge in [0.25, 0.3) is 5.91 Å². The highest BCUT2D eigenvalue weighted by atomic mass is 19.1. The van der Waals surface area contributed by atoms with E-state index in [2.05, 4.69) is 27.6 Å². The molecular weight excluding hydrogens is 319 g/mol. The molecule has 0 saturated carbocycles. The Morgan fingerprint density at radius 1 is 1.20 bits per heavy atom. The summed E-state index contributed by atoms with van der Waals surface area (Å²) in [6, 6.07) is 15.5. The van der Waals surface area contributed by atoms with E-state index < -0.39 is 5.91 Å². The standard InChI is InChI=1S/C19H17FN4O/c1-2-13-3-7-15(8-4-13)17-11-18(23-22-17)19(25)24-21-12-14-5-9-16(20)10-6-14/h3-12H,2H2,1H3,(H,22,23)(H,24,25)/b21-12+. The maximum Gasteiger partial charge on any atom is 0.289 e. The maximum absolute atomic E-state index is 12.8. The average molecular weight is 336 g/mol. The predicted octanol–water partition coefficient (Wildman–Crippen LogP) is 3.54. The molecule has 1 amide bonds. The van der Waals surface area contributed by atoms with Crippen LogP contribution >= 0.6 is 0 Å². The highest BCUT2D eigenvalue weighted by Gasteiger charge is 2.10.